The molecule has 0 radical (unpaired) electrons. The van der Waals surface area contributed by atoms with Crippen LogP contribution in [0.5, 0.6) is 0 Å². The van der Waals surface area contributed by atoms with Gasteiger partial charge in [-0.25, -0.2) is 0 Å². The molecule has 18 heavy (non-hydrogen) atoms. The van der Waals surface area contributed by atoms with Gasteiger partial charge < -0.3 is 5.11 Å². The first-order valence-corrected chi connectivity index (χ1v) is 6.65. The van der Waals surface area contributed by atoms with Crippen LogP contribution in [0.15, 0.2) is 30.3 Å². The van der Waals surface area contributed by atoms with Crippen LogP contribution in [0.25, 0.3) is 0 Å². The molecule has 1 atom stereocenters. The van der Waals surface area contributed by atoms with Crippen LogP contribution < -0.4 is 0 Å². The summed E-state index contributed by atoms with van der Waals surface area (Å²) in [4.78, 5) is 13.4. The first kappa shape index (κ1) is 13.1. The molecule has 1 aliphatic rings. The Labute approximate surface area is 108 Å². The van der Waals surface area contributed by atoms with E-state index in [1.807, 2.05) is 25.1 Å². The summed E-state index contributed by atoms with van der Waals surface area (Å²) in [6.45, 7) is 3.64. The normalized spacial score (nSPS) is 24.3. The van der Waals surface area contributed by atoms with Gasteiger partial charge in [-0.3, -0.25) is 9.69 Å². The number of nitrogens with zero attached hydrogens (tertiary/aromatic N) is 1. The van der Waals surface area contributed by atoms with Crippen LogP contribution in [-0.2, 0) is 11.2 Å². The third-order valence-corrected chi connectivity index (χ3v) is 3.99. The predicted octanol–water partition coefficient (Wildman–Crippen LogP) is 2.56. The lowest BCUT2D eigenvalue weighted by molar-refractivity contribution is -0.148. The van der Waals surface area contributed by atoms with Crippen molar-refractivity contribution in [1.82, 2.24) is 4.90 Å². The molecule has 1 heterocycles. The molecule has 1 aromatic rings. The van der Waals surface area contributed by atoms with Crippen molar-refractivity contribution in [3.05, 3.63) is 35.9 Å². The summed E-state index contributed by atoms with van der Waals surface area (Å²) in [7, 11) is 0. The van der Waals surface area contributed by atoms with E-state index in [0.29, 0.717) is 0 Å². The minimum Gasteiger partial charge on any atom is -0.480 e. The highest BCUT2D eigenvalue weighted by molar-refractivity contribution is 5.78. The summed E-state index contributed by atoms with van der Waals surface area (Å²) in [6, 6.07) is 10.4. The van der Waals surface area contributed by atoms with E-state index in [-0.39, 0.29) is 0 Å². The fourth-order valence-electron chi connectivity index (χ4n) is 2.74. The molecule has 0 amide bonds. The average Bonchev–Trinajstić information content (AvgIpc) is 2.74. The molecule has 1 unspecified atom stereocenters. The molecule has 0 aliphatic carbocycles. The highest BCUT2D eigenvalue weighted by atomic mass is 16.4. The zero-order valence-corrected chi connectivity index (χ0v) is 10.9. The number of carboxylic acids is 1. The molecule has 1 saturated heterocycles. The Kier molecular flexibility index (Phi) is 4.02. The second-order valence-corrected chi connectivity index (χ2v) is 5.26. The fraction of sp³-hybridized carbons (Fsp3) is 0.533. The minimum absolute atomic E-state index is 0.642. The van der Waals surface area contributed by atoms with Crippen molar-refractivity contribution in [3.63, 3.8) is 0 Å². The number of carbonyl (C=O) groups is 1. The zero-order chi connectivity index (χ0) is 13.0. The molecule has 3 nitrogen and oxygen atoms in total. The lowest BCUT2D eigenvalue weighted by Crippen LogP contribution is -2.48. The first-order valence-electron chi connectivity index (χ1n) is 6.65. The van der Waals surface area contributed by atoms with Crippen LogP contribution in [0.3, 0.4) is 0 Å². The van der Waals surface area contributed by atoms with E-state index in [1.54, 1.807) is 0 Å². The Morgan fingerprint density at radius 3 is 2.78 bits per heavy atom. The van der Waals surface area contributed by atoms with E-state index in [0.717, 1.165) is 38.8 Å². The Balaban J connectivity index is 1.85. The maximum absolute atomic E-state index is 11.3. The molecule has 0 spiro atoms. The highest BCUT2D eigenvalue weighted by Gasteiger charge is 2.42. The van der Waals surface area contributed by atoms with Crippen LogP contribution >= 0.6 is 0 Å². The Morgan fingerprint density at radius 1 is 1.39 bits per heavy atom. The van der Waals surface area contributed by atoms with E-state index in [9.17, 15) is 9.90 Å². The van der Waals surface area contributed by atoms with Crippen molar-refractivity contribution in [1.29, 1.82) is 0 Å². The quantitative estimate of drug-likeness (QED) is 0.869. The SMILES string of the molecule is CC1(C(=O)O)CCCN1CCCc1ccccc1. The lowest BCUT2D eigenvalue weighted by Gasteiger charge is -2.31. The van der Waals surface area contributed by atoms with Crippen molar-refractivity contribution >= 4 is 5.97 Å². The summed E-state index contributed by atoms with van der Waals surface area (Å²) in [5.41, 5.74) is 0.685. The predicted molar refractivity (Wildman–Crippen MR) is 71.6 cm³/mol. The second-order valence-electron chi connectivity index (χ2n) is 5.26. The van der Waals surface area contributed by atoms with E-state index in [1.165, 1.54) is 5.56 Å². The molecule has 0 aromatic heterocycles. The zero-order valence-electron chi connectivity index (χ0n) is 10.9. The van der Waals surface area contributed by atoms with Crippen LogP contribution in [0.2, 0.25) is 0 Å². The number of hydrogen-bond acceptors (Lipinski definition) is 2. The molecular formula is C15H21NO2. The molecule has 3 heteroatoms. The minimum atomic E-state index is -0.681. The molecule has 1 aromatic carbocycles. The van der Waals surface area contributed by atoms with Gasteiger partial charge in [-0.05, 0) is 51.3 Å². The summed E-state index contributed by atoms with van der Waals surface area (Å²) in [6.07, 6.45) is 3.81. The van der Waals surface area contributed by atoms with Gasteiger partial charge in [0, 0.05) is 0 Å². The van der Waals surface area contributed by atoms with Crippen molar-refractivity contribution < 1.29 is 9.90 Å². The van der Waals surface area contributed by atoms with Crippen LogP contribution in [0.1, 0.15) is 31.7 Å². The molecule has 1 N–H and O–H groups in total. The summed E-state index contributed by atoms with van der Waals surface area (Å²) in [5, 5.41) is 9.32. The third kappa shape index (κ3) is 2.72. The van der Waals surface area contributed by atoms with Gasteiger partial charge in [-0.2, -0.15) is 0 Å². The number of carboxylic acid groups (broad SMARTS) is 1. The van der Waals surface area contributed by atoms with E-state index in [4.69, 9.17) is 0 Å². The van der Waals surface area contributed by atoms with Gasteiger partial charge in [-0.15, -0.1) is 0 Å². The third-order valence-electron chi connectivity index (χ3n) is 3.99. The fourth-order valence-corrected chi connectivity index (χ4v) is 2.74. The monoisotopic (exact) mass is 247 g/mol. The van der Waals surface area contributed by atoms with Gasteiger partial charge in [0.2, 0.25) is 0 Å². The van der Waals surface area contributed by atoms with Crippen LogP contribution in [0.4, 0.5) is 0 Å². The number of hydrogen-bond donors (Lipinski definition) is 1. The maximum atomic E-state index is 11.3. The molecule has 2 rings (SSSR count). The van der Waals surface area contributed by atoms with Gasteiger partial charge in [0.1, 0.15) is 5.54 Å². The van der Waals surface area contributed by atoms with Gasteiger partial charge >= 0.3 is 5.97 Å². The van der Waals surface area contributed by atoms with Gasteiger partial charge in [-0.1, -0.05) is 30.3 Å². The molecular weight excluding hydrogens is 226 g/mol. The largest absolute Gasteiger partial charge is 0.480 e. The highest BCUT2D eigenvalue weighted by Crippen LogP contribution is 2.29. The maximum Gasteiger partial charge on any atom is 0.323 e. The summed E-state index contributed by atoms with van der Waals surface area (Å²) in [5.74, 6) is -0.681. The Morgan fingerprint density at radius 2 is 2.11 bits per heavy atom. The van der Waals surface area contributed by atoms with E-state index < -0.39 is 11.5 Å². The average molecular weight is 247 g/mol. The number of aryl methyl sites for hydroxylation is 1. The van der Waals surface area contributed by atoms with Crippen molar-refractivity contribution in [2.45, 2.75) is 38.1 Å². The van der Waals surface area contributed by atoms with Crippen molar-refractivity contribution in [2.24, 2.45) is 0 Å². The van der Waals surface area contributed by atoms with Gasteiger partial charge in [0.25, 0.3) is 0 Å². The molecule has 1 aliphatic heterocycles. The Bertz CT molecular complexity index is 404. The van der Waals surface area contributed by atoms with Gasteiger partial charge in [0.05, 0.1) is 0 Å². The molecule has 0 saturated carbocycles. The van der Waals surface area contributed by atoms with Crippen molar-refractivity contribution in [3.8, 4) is 0 Å². The van der Waals surface area contributed by atoms with Gasteiger partial charge in [0.15, 0.2) is 0 Å². The van der Waals surface area contributed by atoms with Crippen molar-refractivity contribution in [2.75, 3.05) is 13.1 Å². The van der Waals surface area contributed by atoms with E-state index >= 15 is 0 Å². The number of benzene rings is 1. The Hall–Kier alpha value is -1.35. The van der Waals surface area contributed by atoms with E-state index in [2.05, 4.69) is 17.0 Å². The molecule has 98 valence electrons. The first-order chi connectivity index (χ1) is 8.63. The smallest absolute Gasteiger partial charge is 0.323 e. The molecule has 0 bridgehead atoms. The summed E-state index contributed by atoms with van der Waals surface area (Å²) >= 11 is 0. The standard InChI is InChI=1S/C15H21NO2/c1-15(14(17)18)10-6-12-16(15)11-5-9-13-7-3-2-4-8-13/h2-4,7-8H,5-6,9-12H2,1H3,(H,17,18). The second kappa shape index (κ2) is 5.53. The van der Waals surface area contributed by atoms with Crippen LogP contribution in [-0.4, -0.2) is 34.6 Å². The summed E-state index contributed by atoms with van der Waals surface area (Å²) < 4.78 is 0. The number of rotatable bonds is 5. The molecule has 1 fully saturated rings. The van der Waals surface area contributed by atoms with Crippen LogP contribution in [0, 0.1) is 0 Å². The topological polar surface area (TPSA) is 40.5 Å². The number of likely N-dealkylation sites (tertiary alicyclic amines) is 1. The number of aliphatic carboxylic acids is 1. The lowest BCUT2D eigenvalue weighted by atomic mass is 9.99.